The number of carbonyl (C=O) groups excluding carboxylic acids is 2. The fourth-order valence-electron chi connectivity index (χ4n) is 0.825. The molecule has 0 atom stereocenters. The van der Waals surface area contributed by atoms with Crippen molar-refractivity contribution in [3.05, 3.63) is 0 Å². The smallest absolute Gasteiger partial charge is 0.302 e. The van der Waals surface area contributed by atoms with Crippen molar-refractivity contribution >= 4 is 11.9 Å². The van der Waals surface area contributed by atoms with Crippen LogP contribution in [0.3, 0.4) is 0 Å². The van der Waals surface area contributed by atoms with E-state index in [0.29, 0.717) is 0 Å². The molecule has 0 rings (SSSR count). The summed E-state index contributed by atoms with van der Waals surface area (Å²) in [5.74, 6) is -0.767. The molecule has 0 N–H and O–H groups in total. The number of hydrogen-bond acceptors (Lipinski definition) is 6. The molecule has 0 spiro atoms. The third-order valence-corrected chi connectivity index (χ3v) is 1.74. The van der Waals surface area contributed by atoms with Gasteiger partial charge >= 0.3 is 11.9 Å². The van der Waals surface area contributed by atoms with Crippen LogP contribution < -0.4 is 0 Å². The lowest BCUT2D eigenvalue weighted by Gasteiger charge is -2.29. The second-order valence-corrected chi connectivity index (χ2v) is 5.25. The van der Waals surface area contributed by atoms with E-state index in [0.717, 1.165) is 0 Å². The maximum Gasteiger partial charge on any atom is 0.302 e. The minimum absolute atomic E-state index is 0.0754. The molecule has 0 aromatic heterocycles. The van der Waals surface area contributed by atoms with E-state index in [2.05, 4.69) is 0 Å². The van der Waals surface area contributed by atoms with Gasteiger partial charge in [-0.25, -0.2) is 9.78 Å². The van der Waals surface area contributed by atoms with Crippen LogP contribution in [-0.2, 0) is 28.8 Å². The van der Waals surface area contributed by atoms with Crippen LogP contribution in [0.25, 0.3) is 0 Å². The Hall–Kier alpha value is -1.14. The van der Waals surface area contributed by atoms with Gasteiger partial charge in [-0.2, -0.15) is 0 Å². The Balaban J connectivity index is 4.11. The Morgan fingerprint density at radius 3 is 1.28 bits per heavy atom. The molecule has 0 fully saturated rings. The van der Waals surface area contributed by atoms with E-state index in [-0.39, 0.29) is 25.2 Å². The predicted octanol–water partition coefficient (Wildman–Crippen LogP) is 1.62. The number of ether oxygens (including phenoxy) is 2. The highest BCUT2D eigenvalue weighted by Crippen LogP contribution is 2.17. The van der Waals surface area contributed by atoms with E-state index in [1.165, 1.54) is 13.8 Å². The Bertz CT molecular complexity index is 265. The quantitative estimate of drug-likeness (QED) is 0.394. The van der Waals surface area contributed by atoms with E-state index in [1.54, 1.807) is 27.7 Å². The van der Waals surface area contributed by atoms with Crippen LogP contribution >= 0.6 is 0 Å². The summed E-state index contributed by atoms with van der Waals surface area (Å²) in [5.41, 5.74) is -1.56. The highest BCUT2D eigenvalue weighted by atomic mass is 17.2. The van der Waals surface area contributed by atoms with Crippen LogP contribution in [-0.4, -0.2) is 36.4 Å². The van der Waals surface area contributed by atoms with E-state index in [4.69, 9.17) is 19.2 Å². The van der Waals surface area contributed by atoms with Crippen LogP contribution in [0.4, 0.5) is 0 Å². The van der Waals surface area contributed by atoms with Crippen molar-refractivity contribution in [1.82, 2.24) is 0 Å². The average molecular weight is 262 g/mol. The van der Waals surface area contributed by atoms with Gasteiger partial charge in [0.15, 0.2) is 0 Å². The summed E-state index contributed by atoms with van der Waals surface area (Å²) < 4.78 is 9.68. The van der Waals surface area contributed by atoms with Crippen molar-refractivity contribution in [2.45, 2.75) is 52.7 Å². The minimum atomic E-state index is -0.779. The van der Waals surface area contributed by atoms with Crippen LogP contribution in [0.1, 0.15) is 41.5 Å². The Labute approximate surface area is 107 Å². The first-order chi connectivity index (χ1) is 8.04. The molecule has 106 valence electrons. The van der Waals surface area contributed by atoms with Gasteiger partial charge in [0.25, 0.3) is 0 Å². The maximum absolute atomic E-state index is 10.7. The molecule has 0 aliphatic heterocycles. The summed E-state index contributed by atoms with van der Waals surface area (Å²) in [4.78, 5) is 31.8. The number of esters is 2. The lowest BCUT2D eigenvalue weighted by Crippen LogP contribution is -2.39. The third-order valence-electron chi connectivity index (χ3n) is 1.74. The maximum atomic E-state index is 10.7. The second-order valence-electron chi connectivity index (χ2n) is 5.25. The first-order valence-corrected chi connectivity index (χ1v) is 5.68. The fraction of sp³-hybridized carbons (Fsp3) is 0.833. The predicted molar refractivity (Wildman–Crippen MR) is 63.6 cm³/mol. The van der Waals surface area contributed by atoms with Gasteiger partial charge in [0.2, 0.25) is 0 Å². The summed E-state index contributed by atoms with van der Waals surface area (Å²) in [5, 5.41) is 0. The van der Waals surface area contributed by atoms with Crippen molar-refractivity contribution in [1.29, 1.82) is 0 Å². The largest absolute Gasteiger partial charge is 0.463 e. The van der Waals surface area contributed by atoms with Crippen LogP contribution in [0.15, 0.2) is 0 Å². The summed E-state index contributed by atoms with van der Waals surface area (Å²) in [7, 11) is 0. The lowest BCUT2D eigenvalue weighted by molar-refractivity contribution is -0.407. The molecule has 0 radical (unpaired) electrons. The van der Waals surface area contributed by atoms with Crippen LogP contribution in [0.2, 0.25) is 0 Å². The molecule has 0 amide bonds. The van der Waals surface area contributed by atoms with E-state index in [1.807, 2.05) is 0 Å². The summed E-state index contributed by atoms with van der Waals surface area (Å²) >= 11 is 0. The Morgan fingerprint density at radius 2 is 1.06 bits per heavy atom. The van der Waals surface area contributed by atoms with Crippen molar-refractivity contribution < 1.29 is 28.8 Å². The average Bonchev–Trinajstić information content (AvgIpc) is 2.22. The topological polar surface area (TPSA) is 71.1 Å². The summed E-state index contributed by atoms with van der Waals surface area (Å²) in [6, 6.07) is 0. The van der Waals surface area contributed by atoms with Gasteiger partial charge in [-0.1, -0.05) is 0 Å². The van der Waals surface area contributed by atoms with Crippen molar-refractivity contribution in [3.63, 3.8) is 0 Å². The lowest BCUT2D eigenvalue weighted by atomic mass is 10.1. The molecule has 0 saturated heterocycles. The molecule has 6 heteroatoms. The first-order valence-electron chi connectivity index (χ1n) is 5.68. The molecule has 0 aromatic rings. The van der Waals surface area contributed by atoms with Gasteiger partial charge in [0.1, 0.15) is 24.4 Å². The molecule has 0 bridgehead atoms. The van der Waals surface area contributed by atoms with Gasteiger partial charge in [-0.15, -0.1) is 0 Å². The molecule has 6 nitrogen and oxygen atoms in total. The number of hydrogen-bond donors (Lipinski definition) is 0. The van der Waals surface area contributed by atoms with E-state index in [9.17, 15) is 9.59 Å². The normalized spacial score (nSPS) is 12.1. The molecule has 0 unspecified atom stereocenters. The molecule has 0 saturated carbocycles. The van der Waals surface area contributed by atoms with Gasteiger partial charge in [-0.3, -0.25) is 9.59 Å². The van der Waals surface area contributed by atoms with E-state index < -0.39 is 11.2 Å². The molecule has 0 aliphatic rings. The zero-order valence-corrected chi connectivity index (χ0v) is 11.9. The SMILES string of the molecule is CC(=O)OCC(C)(C)OOC(C)(C)COC(C)=O. The van der Waals surface area contributed by atoms with Gasteiger partial charge < -0.3 is 9.47 Å². The number of carbonyl (C=O) groups is 2. The minimum Gasteiger partial charge on any atom is -0.463 e. The van der Waals surface area contributed by atoms with Gasteiger partial charge in [0, 0.05) is 13.8 Å². The molecule has 0 aliphatic carbocycles. The Morgan fingerprint density at radius 1 is 0.778 bits per heavy atom. The monoisotopic (exact) mass is 262 g/mol. The highest BCUT2D eigenvalue weighted by Gasteiger charge is 2.28. The van der Waals surface area contributed by atoms with E-state index >= 15 is 0 Å². The van der Waals surface area contributed by atoms with Crippen LogP contribution in [0, 0.1) is 0 Å². The van der Waals surface area contributed by atoms with Gasteiger partial charge in [0.05, 0.1) is 0 Å². The second kappa shape index (κ2) is 6.70. The fourth-order valence-corrected chi connectivity index (χ4v) is 0.825. The molecule has 18 heavy (non-hydrogen) atoms. The zero-order chi connectivity index (χ0) is 14.4. The van der Waals surface area contributed by atoms with Crippen molar-refractivity contribution in [2.24, 2.45) is 0 Å². The first kappa shape index (κ1) is 16.9. The van der Waals surface area contributed by atoms with Crippen LogP contribution in [0.5, 0.6) is 0 Å². The summed E-state index contributed by atoms with van der Waals surface area (Å²) in [6.45, 7) is 9.67. The Kier molecular flexibility index (Phi) is 6.28. The van der Waals surface area contributed by atoms with Gasteiger partial charge in [-0.05, 0) is 27.7 Å². The van der Waals surface area contributed by atoms with Crippen molar-refractivity contribution in [3.8, 4) is 0 Å². The summed E-state index contributed by atoms with van der Waals surface area (Å²) in [6.07, 6.45) is 0. The molecule has 0 heterocycles. The molecule has 0 aromatic carbocycles. The zero-order valence-electron chi connectivity index (χ0n) is 11.9. The molecular weight excluding hydrogens is 240 g/mol. The highest BCUT2D eigenvalue weighted by molar-refractivity contribution is 5.66. The third kappa shape index (κ3) is 8.95. The standard InChI is InChI=1S/C12H22O6/c1-9(13)15-7-11(3,4)17-18-12(5,6)8-16-10(2)14/h7-8H2,1-6H3. The van der Waals surface area contributed by atoms with Crippen molar-refractivity contribution in [2.75, 3.05) is 13.2 Å². The molecular formula is C12H22O6. The number of rotatable bonds is 7.